The van der Waals surface area contributed by atoms with Gasteiger partial charge < -0.3 is 14.4 Å². The number of hydrogen-bond acceptors (Lipinski definition) is 5. The topological polar surface area (TPSA) is 80.2 Å². The fourth-order valence-corrected chi connectivity index (χ4v) is 3.93. The Balaban J connectivity index is 1.32. The minimum atomic E-state index is -0.475. The van der Waals surface area contributed by atoms with Crippen molar-refractivity contribution in [2.24, 2.45) is 11.0 Å². The summed E-state index contributed by atoms with van der Waals surface area (Å²) in [5.74, 6) is -0.135. The van der Waals surface area contributed by atoms with Crippen LogP contribution in [0.4, 0.5) is 10.1 Å². The molecule has 1 aliphatic heterocycles. The molecule has 3 aromatic rings. The standard InChI is InChI=1S/C28H28FN3O4/c1-3-19-6-11-24(12-7-19)32-17-22(15-27(32)33)28(34)31-30-16-21-8-13-25(26(14-21)35-2)36-18-20-4-9-23(29)10-5-20/h4-14,16,22H,3,15,17-18H2,1-2H3,(H,31,34)/b30-16+/t22-/m1/s1. The predicted molar refractivity (Wildman–Crippen MR) is 136 cm³/mol. The van der Waals surface area contributed by atoms with Gasteiger partial charge in [0.1, 0.15) is 12.4 Å². The Morgan fingerprint density at radius 3 is 2.50 bits per heavy atom. The van der Waals surface area contributed by atoms with E-state index in [2.05, 4.69) is 17.5 Å². The maximum Gasteiger partial charge on any atom is 0.245 e. The van der Waals surface area contributed by atoms with E-state index in [1.54, 1.807) is 35.2 Å². The molecule has 0 bridgehead atoms. The molecule has 1 saturated heterocycles. The highest BCUT2D eigenvalue weighted by molar-refractivity contribution is 6.00. The molecule has 3 aromatic carbocycles. The lowest BCUT2D eigenvalue weighted by atomic mass is 10.1. The van der Waals surface area contributed by atoms with Crippen LogP contribution in [-0.2, 0) is 22.6 Å². The van der Waals surface area contributed by atoms with Gasteiger partial charge in [0.25, 0.3) is 0 Å². The number of anilines is 1. The van der Waals surface area contributed by atoms with E-state index in [9.17, 15) is 14.0 Å². The van der Waals surface area contributed by atoms with E-state index >= 15 is 0 Å². The zero-order chi connectivity index (χ0) is 25.5. The maximum absolute atomic E-state index is 13.1. The minimum Gasteiger partial charge on any atom is -0.493 e. The second kappa shape index (κ2) is 11.5. The first kappa shape index (κ1) is 24.9. The van der Waals surface area contributed by atoms with Crippen LogP contribution >= 0.6 is 0 Å². The van der Waals surface area contributed by atoms with Crippen molar-refractivity contribution in [3.63, 3.8) is 0 Å². The number of nitrogens with zero attached hydrogens (tertiary/aromatic N) is 2. The van der Waals surface area contributed by atoms with Crippen molar-refractivity contribution in [1.82, 2.24) is 5.43 Å². The van der Waals surface area contributed by atoms with E-state index in [-0.39, 0.29) is 30.7 Å². The van der Waals surface area contributed by atoms with Gasteiger partial charge >= 0.3 is 0 Å². The summed E-state index contributed by atoms with van der Waals surface area (Å²) in [7, 11) is 1.53. The van der Waals surface area contributed by atoms with E-state index in [1.807, 2.05) is 24.3 Å². The summed E-state index contributed by atoms with van der Waals surface area (Å²) in [4.78, 5) is 26.7. The summed E-state index contributed by atoms with van der Waals surface area (Å²) in [6.45, 7) is 2.66. The third kappa shape index (κ3) is 6.07. The Labute approximate surface area is 209 Å². The fourth-order valence-electron chi connectivity index (χ4n) is 3.93. The molecule has 7 nitrogen and oxygen atoms in total. The van der Waals surface area contributed by atoms with Crippen LogP contribution in [0.2, 0.25) is 0 Å². The van der Waals surface area contributed by atoms with Gasteiger partial charge in [0, 0.05) is 18.7 Å². The fraction of sp³-hybridized carbons (Fsp3) is 0.250. The van der Waals surface area contributed by atoms with Crippen LogP contribution in [0.3, 0.4) is 0 Å². The summed E-state index contributed by atoms with van der Waals surface area (Å²) < 4.78 is 24.3. The summed E-state index contributed by atoms with van der Waals surface area (Å²) in [5.41, 5.74) is 6.05. The Bertz CT molecular complexity index is 1240. The molecule has 0 radical (unpaired) electrons. The molecule has 8 heteroatoms. The summed E-state index contributed by atoms with van der Waals surface area (Å²) in [6.07, 6.45) is 2.57. The van der Waals surface area contributed by atoms with Crippen molar-refractivity contribution in [1.29, 1.82) is 0 Å². The van der Waals surface area contributed by atoms with E-state index in [4.69, 9.17) is 9.47 Å². The SMILES string of the molecule is CCc1ccc(N2C[C@H](C(=O)N/N=C/c3ccc(OCc4ccc(F)cc4)c(OC)c3)CC2=O)cc1. The van der Waals surface area contributed by atoms with E-state index in [1.165, 1.54) is 31.0 Å². The lowest BCUT2D eigenvalue weighted by Crippen LogP contribution is -2.30. The zero-order valence-electron chi connectivity index (χ0n) is 20.2. The number of carbonyl (C=O) groups is 2. The highest BCUT2D eigenvalue weighted by atomic mass is 19.1. The third-order valence-electron chi connectivity index (χ3n) is 6.04. The lowest BCUT2D eigenvalue weighted by molar-refractivity contribution is -0.126. The number of halogens is 1. The smallest absolute Gasteiger partial charge is 0.245 e. The maximum atomic E-state index is 13.1. The molecule has 0 saturated carbocycles. The number of methoxy groups -OCH3 is 1. The molecule has 0 spiro atoms. The van der Waals surface area contributed by atoms with Crippen molar-refractivity contribution < 1.29 is 23.5 Å². The molecule has 1 atom stereocenters. The molecule has 4 rings (SSSR count). The Morgan fingerprint density at radius 1 is 1.08 bits per heavy atom. The van der Waals surface area contributed by atoms with Crippen molar-refractivity contribution in [3.05, 3.63) is 89.2 Å². The highest BCUT2D eigenvalue weighted by Gasteiger charge is 2.35. The van der Waals surface area contributed by atoms with Gasteiger partial charge in [-0.1, -0.05) is 31.2 Å². The first-order chi connectivity index (χ1) is 17.5. The molecular weight excluding hydrogens is 461 g/mol. The quantitative estimate of drug-likeness (QED) is 0.355. The van der Waals surface area contributed by atoms with Crippen LogP contribution in [0.15, 0.2) is 71.8 Å². The first-order valence-corrected chi connectivity index (χ1v) is 11.7. The molecule has 36 heavy (non-hydrogen) atoms. The van der Waals surface area contributed by atoms with Crippen LogP contribution in [0.5, 0.6) is 11.5 Å². The second-order valence-electron chi connectivity index (χ2n) is 8.49. The number of aryl methyl sites for hydroxylation is 1. The highest BCUT2D eigenvalue weighted by Crippen LogP contribution is 2.29. The number of carbonyl (C=O) groups excluding carboxylic acids is 2. The summed E-state index contributed by atoms with van der Waals surface area (Å²) in [5, 5.41) is 4.05. The van der Waals surface area contributed by atoms with Crippen LogP contribution in [0.1, 0.15) is 30.0 Å². The van der Waals surface area contributed by atoms with Gasteiger partial charge in [0.15, 0.2) is 11.5 Å². The van der Waals surface area contributed by atoms with E-state index in [0.717, 1.165) is 17.7 Å². The van der Waals surface area contributed by atoms with Crippen molar-refractivity contribution in [3.8, 4) is 11.5 Å². The molecule has 1 heterocycles. The average molecular weight is 490 g/mol. The Hall–Kier alpha value is -4.20. The Kier molecular flexibility index (Phi) is 7.95. The molecule has 1 N–H and O–H groups in total. The largest absolute Gasteiger partial charge is 0.493 e. The number of benzene rings is 3. The number of ether oxygens (including phenoxy) is 2. The van der Waals surface area contributed by atoms with Crippen molar-refractivity contribution >= 4 is 23.7 Å². The van der Waals surface area contributed by atoms with Gasteiger partial charge in [0.2, 0.25) is 11.8 Å². The lowest BCUT2D eigenvalue weighted by Gasteiger charge is -2.16. The molecule has 1 fully saturated rings. The number of nitrogens with one attached hydrogen (secondary N) is 1. The normalized spacial score (nSPS) is 15.4. The molecule has 186 valence electrons. The number of rotatable bonds is 9. The zero-order valence-corrected chi connectivity index (χ0v) is 20.2. The first-order valence-electron chi connectivity index (χ1n) is 11.7. The number of hydrogen-bond donors (Lipinski definition) is 1. The summed E-state index contributed by atoms with van der Waals surface area (Å²) >= 11 is 0. The Morgan fingerprint density at radius 2 is 1.81 bits per heavy atom. The summed E-state index contributed by atoms with van der Waals surface area (Å²) in [6, 6.07) is 19.1. The molecule has 0 aromatic heterocycles. The molecular formula is C28H28FN3O4. The van der Waals surface area contributed by atoms with Gasteiger partial charge in [-0.3, -0.25) is 9.59 Å². The second-order valence-corrected chi connectivity index (χ2v) is 8.49. The molecule has 2 amide bonds. The minimum absolute atomic E-state index is 0.0793. The third-order valence-corrected chi connectivity index (χ3v) is 6.04. The van der Waals surface area contributed by atoms with Gasteiger partial charge in [-0.05, 0) is 65.6 Å². The molecule has 1 aliphatic rings. The van der Waals surface area contributed by atoms with E-state index < -0.39 is 5.92 Å². The van der Waals surface area contributed by atoms with Gasteiger partial charge in [-0.2, -0.15) is 5.10 Å². The van der Waals surface area contributed by atoms with Crippen LogP contribution in [-0.4, -0.2) is 31.7 Å². The predicted octanol–water partition coefficient (Wildman–Crippen LogP) is 4.48. The number of hydrazone groups is 1. The van der Waals surface area contributed by atoms with Gasteiger partial charge in [-0.25, -0.2) is 9.82 Å². The molecule has 0 unspecified atom stereocenters. The number of amides is 2. The van der Waals surface area contributed by atoms with Crippen LogP contribution in [0, 0.1) is 11.7 Å². The van der Waals surface area contributed by atoms with Gasteiger partial charge in [0.05, 0.1) is 19.2 Å². The van der Waals surface area contributed by atoms with E-state index in [0.29, 0.717) is 23.6 Å². The van der Waals surface area contributed by atoms with Crippen LogP contribution in [0.25, 0.3) is 0 Å². The van der Waals surface area contributed by atoms with Crippen LogP contribution < -0.4 is 19.8 Å². The molecule has 0 aliphatic carbocycles. The van der Waals surface area contributed by atoms with Crippen molar-refractivity contribution in [2.75, 3.05) is 18.6 Å². The average Bonchev–Trinajstić information content (AvgIpc) is 3.30. The van der Waals surface area contributed by atoms with Gasteiger partial charge in [-0.15, -0.1) is 0 Å². The van der Waals surface area contributed by atoms with Crippen molar-refractivity contribution in [2.45, 2.75) is 26.4 Å². The monoisotopic (exact) mass is 489 g/mol.